The third-order valence-corrected chi connectivity index (χ3v) is 4.75. The van der Waals surface area contributed by atoms with Gasteiger partial charge in [0.25, 0.3) is 11.8 Å². The number of anilines is 2. The topological polar surface area (TPSA) is 67.4 Å². The Morgan fingerprint density at radius 3 is 2.52 bits per heavy atom. The van der Waals surface area contributed by atoms with Crippen LogP contribution >= 0.6 is 22.9 Å². The van der Waals surface area contributed by atoms with E-state index in [9.17, 15) is 9.59 Å². The molecule has 0 spiro atoms. The fourth-order valence-electron chi connectivity index (χ4n) is 2.39. The summed E-state index contributed by atoms with van der Waals surface area (Å²) < 4.78 is 5.53. The monoisotopic (exact) mass is 400 g/mol. The molecule has 0 aliphatic heterocycles. The fraction of sp³-hybridized carbons (Fsp3) is 0.100. The smallest absolute Gasteiger partial charge is 0.265 e. The Bertz CT molecular complexity index is 958. The van der Waals surface area contributed by atoms with Gasteiger partial charge in [-0.3, -0.25) is 9.59 Å². The number of aryl methyl sites for hydroxylation is 1. The SMILES string of the molecule is Cc1cc(Cl)ccc1OCC(=O)Nc1cccc(NC(=O)c2cccs2)c1. The number of rotatable bonds is 6. The van der Waals surface area contributed by atoms with Crippen molar-refractivity contribution in [3.8, 4) is 5.75 Å². The number of hydrogen-bond donors (Lipinski definition) is 2. The molecule has 2 aromatic carbocycles. The fourth-order valence-corrected chi connectivity index (χ4v) is 3.24. The lowest BCUT2D eigenvalue weighted by Crippen LogP contribution is -2.20. The van der Waals surface area contributed by atoms with Crippen molar-refractivity contribution < 1.29 is 14.3 Å². The lowest BCUT2D eigenvalue weighted by atomic mass is 10.2. The third kappa shape index (κ3) is 5.32. The highest BCUT2D eigenvalue weighted by atomic mass is 35.5. The molecule has 27 heavy (non-hydrogen) atoms. The van der Waals surface area contributed by atoms with Gasteiger partial charge in [-0.15, -0.1) is 11.3 Å². The number of thiophene rings is 1. The van der Waals surface area contributed by atoms with Crippen molar-refractivity contribution in [3.05, 3.63) is 75.4 Å². The van der Waals surface area contributed by atoms with Crippen LogP contribution in [0.2, 0.25) is 5.02 Å². The van der Waals surface area contributed by atoms with E-state index >= 15 is 0 Å². The summed E-state index contributed by atoms with van der Waals surface area (Å²) in [7, 11) is 0. The molecule has 138 valence electrons. The van der Waals surface area contributed by atoms with Crippen molar-refractivity contribution in [2.45, 2.75) is 6.92 Å². The van der Waals surface area contributed by atoms with E-state index in [2.05, 4.69) is 10.6 Å². The van der Waals surface area contributed by atoms with Crippen LogP contribution in [0, 0.1) is 6.92 Å². The summed E-state index contributed by atoms with van der Waals surface area (Å²) in [5.74, 6) is 0.118. The molecule has 7 heteroatoms. The normalized spacial score (nSPS) is 10.3. The number of nitrogens with one attached hydrogen (secondary N) is 2. The van der Waals surface area contributed by atoms with E-state index in [1.807, 2.05) is 18.4 Å². The molecule has 0 saturated carbocycles. The zero-order chi connectivity index (χ0) is 19.2. The Morgan fingerprint density at radius 2 is 1.81 bits per heavy atom. The van der Waals surface area contributed by atoms with Crippen molar-refractivity contribution in [1.29, 1.82) is 0 Å². The number of carbonyl (C=O) groups is 2. The van der Waals surface area contributed by atoms with E-state index in [-0.39, 0.29) is 18.4 Å². The molecule has 0 aliphatic carbocycles. The first-order chi connectivity index (χ1) is 13.0. The zero-order valence-electron chi connectivity index (χ0n) is 14.5. The van der Waals surface area contributed by atoms with Crippen molar-refractivity contribution >= 4 is 46.1 Å². The minimum Gasteiger partial charge on any atom is -0.483 e. The molecule has 0 saturated heterocycles. The predicted octanol–water partition coefficient (Wildman–Crippen LogP) is 4.98. The van der Waals surface area contributed by atoms with Crippen molar-refractivity contribution in [2.75, 3.05) is 17.2 Å². The number of carbonyl (C=O) groups excluding carboxylic acids is 2. The van der Waals surface area contributed by atoms with Crippen LogP contribution < -0.4 is 15.4 Å². The van der Waals surface area contributed by atoms with E-state index in [4.69, 9.17) is 16.3 Å². The number of halogens is 1. The molecule has 0 bridgehead atoms. The maximum absolute atomic E-state index is 12.1. The second-order valence-electron chi connectivity index (χ2n) is 5.76. The summed E-state index contributed by atoms with van der Waals surface area (Å²) >= 11 is 7.27. The molecule has 2 N–H and O–H groups in total. The van der Waals surface area contributed by atoms with Crippen molar-refractivity contribution in [2.24, 2.45) is 0 Å². The molecular formula is C20H17ClN2O3S. The minimum absolute atomic E-state index is 0.131. The third-order valence-electron chi connectivity index (χ3n) is 3.64. The molecule has 1 heterocycles. The first-order valence-corrected chi connectivity index (χ1v) is 9.41. The van der Waals surface area contributed by atoms with Crippen LogP contribution in [-0.2, 0) is 4.79 Å². The molecule has 0 atom stereocenters. The molecule has 0 aliphatic rings. The van der Waals surface area contributed by atoms with E-state index in [1.54, 1.807) is 48.5 Å². The van der Waals surface area contributed by atoms with Crippen molar-refractivity contribution in [3.63, 3.8) is 0 Å². The average Bonchev–Trinajstić information content (AvgIpc) is 3.16. The van der Waals surface area contributed by atoms with Crippen LogP contribution in [0.15, 0.2) is 60.0 Å². The summed E-state index contributed by atoms with van der Waals surface area (Å²) in [5.41, 5.74) is 2.02. The number of benzene rings is 2. The van der Waals surface area contributed by atoms with Gasteiger partial charge in [-0.05, 0) is 60.3 Å². The molecule has 1 aromatic heterocycles. The van der Waals surface area contributed by atoms with E-state index < -0.39 is 0 Å². The van der Waals surface area contributed by atoms with Crippen LogP contribution in [0.3, 0.4) is 0 Å². The zero-order valence-corrected chi connectivity index (χ0v) is 16.1. The average molecular weight is 401 g/mol. The van der Waals surface area contributed by atoms with Crippen LogP contribution in [-0.4, -0.2) is 18.4 Å². The van der Waals surface area contributed by atoms with Gasteiger partial charge in [0, 0.05) is 16.4 Å². The maximum atomic E-state index is 12.1. The van der Waals surface area contributed by atoms with Gasteiger partial charge in [0.15, 0.2) is 6.61 Å². The first kappa shape index (κ1) is 18.9. The van der Waals surface area contributed by atoms with Crippen LogP contribution in [0.1, 0.15) is 15.2 Å². The molecular weight excluding hydrogens is 384 g/mol. The highest BCUT2D eigenvalue weighted by Gasteiger charge is 2.09. The molecule has 3 rings (SSSR count). The summed E-state index contributed by atoms with van der Waals surface area (Å²) in [5, 5.41) is 8.02. The minimum atomic E-state index is -0.300. The van der Waals surface area contributed by atoms with Gasteiger partial charge in [0.2, 0.25) is 0 Å². The van der Waals surface area contributed by atoms with Crippen LogP contribution in [0.4, 0.5) is 11.4 Å². The summed E-state index contributed by atoms with van der Waals surface area (Å²) in [6.07, 6.45) is 0. The quantitative estimate of drug-likeness (QED) is 0.613. The van der Waals surface area contributed by atoms with Gasteiger partial charge in [-0.25, -0.2) is 0 Å². The molecule has 5 nitrogen and oxygen atoms in total. The molecule has 3 aromatic rings. The second-order valence-corrected chi connectivity index (χ2v) is 7.14. The summed E-state index contributed by atoms with van der Waals surface area (Å²) in [6, 6.07) is 15.7. The molecule has 2 amide bonds. The highest BCUT2D eigenvalue weighted by molar-refractivity contribution is 7.12. The highest BCUT2D eigenvalue weighted by Crippen LogP contribution is 2.22. The predicted molar refractivity (Wildman–Crippen MR) is 109 cm³/mol. The van der Waals surface area contributed by atoms with Crippen LogP contribution in [0.5, 0.6) is 5.75 Å². The Kier molecular flexibility index (Phi) is 6.11. The lowest BCUT2D eigenvalue weighted by Gasteiger charge is -2.11. The van der Waals surface area contributed by atoms with Gasteiger partial charge in [-0.2, -0.15) is 0 Å². The Labute approximate surface area is 165 Å². The summed E-state index contributed by atoms with van der Waals surface area (Å²) in [4.78, 5) is 24.9. The Balaban J connectivity index is 1.57. The largest absolute Gasteiger partial charge is 0.483 e. The second kappa shape index (κ2) is 8.70. The summed E-state index contributed by atoms with van der Waals surface area (Å²) in [6.45, 7) is 1.73. The molecule has 0 radical (unpaired) electrons. The van der Waals surface area contributed by atoms with Gasteiger partial charge in [-0.1, -0.05) is 23.7 Å². The maximum Gasteiger partial charge on any atom is 0.265 e. The van der Waals surface area contributed by atoms with E-state index in [1.165, 1.54) is 11.3 Å². The molecule has 0 unspecified atom stereocenters. The first-order valence-electron chi connectivity index (χ1n) is 8.15. The lowest BCUT2D eigenvalue weighted by molar-refractivity contribution is -0.118. The number of hydrogen-bond acceptors (Lipinski definition) is 4. The molecule has 0 fully saturated rings. The van der Waals surface area contributed by atoms with Gasteiger partial charge in [0.1, 0.15) is 5.75 Å². The Hall–Kier alpha value is -2.83. The van der Waals surface area contributed by atoms with Crippen LogP contribution in [0.25, 0.3) is 0 Å². The van der Waals surface area contributed by atoms with Crippen molar-refractivity contribution in [1.82, 2.24) is 0 Å². The van der Waals surface area contributed by atoms with E-state index in [0.29, 0.717) is 27.0 Å². The Morgan fingerprint density at radius 1 is 1.04 bits per heavy atom. The standard InChI is InChI=1S/C20H17ClN2O3S/c1-13-10-14(21)7-8-17(13)26-12-19(24)22-15-4-2-5-16(11-15)23-20(25)18-6-3-9-27-18/h2-11H,12H2,1H3,(H,22,24)(H,23,25). The van der Waals surface area contributed by atoms with Gasteiger partial charge in [0.05, 0.1) is 4.88 Å². The van der Waals surface area contributed by atoms with Gasteiger partial charge >= 0.3 is 0 Å². The van der Waals surface area contributed by atoms with E-state index in [0.717, 1.165) is 5.56 Å². The number of amides is 2. The van der Waals surface area contributed by atoms with Gasteiger partial charge < -0.3 is 15.4 Å². The number of ether oxygens (including phenoxy) is 1.